The zero-order valence-corrected chi connectivity index (χ0v) is 11.8. The van der Waals surface area contributed by atoms with Crippen LogP contribution in [-0.2, 0) is 6.54 Å². The average molecular weight is 403 g/mol. The molecule has 0 heterocycles. The number of hydrogen-bond acceptors (Lipinski definition) is 2. The highest BCUT2D eigenvalue weighted by molar-refractivity contribution is 14.1. The summed E-state index contributed by atoms with van der Waals surface area (Å²) in [7, 11) is 3.98. The van der Waals surface area contributed by atoms with E-state index in [-0.39, 0.29) is 0 Å². The molecule has 0 atom stereocenters. The van der Waals surface area contributed by atoms with Crippen LogP contribution in [0.3, 0.4) is 0 Å². The fourth-order valence-electron chi connectivity index (χ4n) is 1.08. The molecule has 1 aromatic carbocycles. The van der Waals surface area contributed by atoms with Crippen LogP contribution in [0, 0.1) is 7.14 Å². The second-order valence-electron chi connectivity index (χ2n) is 3.13. The van der Waals surface area contributed by atoms with Crippen molar-refractivity contribution in [3.63, 3.8) is 0 Å². The molecule has 0 aliphatic rings. The molecule has 0 bridgehead atoms. The Hall–Kier alpha value is 0.440. The van der Waals surface area contributed by atoms with Gasteiger partial charge in [0.15, 0.2) is 0 Å². The zero-order valence-electron chi connectivity index (χ0n) is 7.51. The van der Waals surface area contributed by atoms with Gasteiger partial charge in [-0.2, -0.15) is 0 Å². The van der Waals surface area contributed by atoms with Crippen molar-refractivity contribution in [2.45, 2.75) is 6.54 Å². The first-order valence-electron chi connectivity index (χ1n) is 3.82. The van der Waals surface area contributed by atoms with Crippen LogP contribution in [0.25, 0.3) is 0 Å². The van der Waals surface area contributed by atoms with Gasteiger partial charge < -0.3 is 10.0 Å². The lowest BCUT2D eigenvalue weighted by Crippen LogP contribution is -2.11. The van der Waals surface area contributed by atoms with Gasteiger partial charge in [-0.15, -0.1) is 0 Å². The first-order valence-corrected chi connectivity index (χ1v) is 5.98. The molecule has 1 N–H and O–H groups in total. The molecule has 0 aromatic heterocycles. The second kappa shape index (κ2) is 4.79. The maximum atomic E-state index is 9.73. The number of aromatic hydroxyl groups is 1. The predicted molar refractivity (Wildman–Crippen MR) is 70.9 cm³/mol. The molecule has 0 aliphatic carbocycles. The number of phenolic OH excluding ortho intramolecular Hbond substituents is 1. The lowest BCUT2D eigenvalue weighted by molar-refractivity contribution is 0.384. The molecule has 0 spiro atoms. The van der Waals surface area contributed by atoms with Gasteiger partial charge in [0, 0.05) is 15.7 Å². The van der Waals surface area contributed by atoms with Crippen molar-refractivity contribution in [2.24, 2.45) is 0 Å². The maximum Gasteiger partial charge on any atom is 0.133 e. The lowest BCUT2D eigenvalue weighted by atomic mass is 10.2. The molecule has 72 valence electrons. The Balaban J connectivity index is 3.05. The molecule has 13 heavy (non-hydrogen) atoms. The number of phenols is 1. The molecular formula is C9H11I2NO. The van der Waals surface area contributed by atoms with Crippen molar-refractivity contribution in [1.82, 2.24) is 4.90 Å². The van der Waals surface area contributed by atoms with Crippen LogP contribution in [-0.4, -0.2) is 24.1 Å². The Bertz CT molecular complexity index is 313. The number of hydrogen-bond donors (Lipinski definition) is 1. The first kappa shape index (κ1) is 11.5. The summed E-state index contributed by atoms with van der Waals surface area (Å²) in [6, 6.07) is 3.98. The molecule has 0 fully saturated rings. The van der Waals surface area contributed by atoms with Crippen molar-refractivity contribution in [3.8, 4) is 5.75 Å². The van der Waals surface area contributed by atoms with E-state index in [0.29, 0.717) is 5.75 Å². The monoisotopic (exact) mass is 403 g/mol. The largest absolute Gasteiger partial charge is 0.507 e. The van der Waals surface area contributed by atoms with Crippen molar-refractivity contribution in [2.75, 3.05) is 14.1 Å². The Kier molecular flexibility index (Phi) is 4.24. The molecule has 0 saturated carbocycles. The van der Waals surface area contributed by atoms with E-state index >= 15 is 0 Å². The van der Waals surface area contributed by atoms with Crippen molar-refractivity contribution in [3.05, 3.63) is 24.8 Å². The summed E-state index contributed by atoms with van der Waals surface area (Å²) in [6.07, 6.45) is 0. The Morgan fingerprint density at radius 2 is 1.92 bits per heavy atom. The van der Waals surface area contributed by atoms with E-state index in [2.05, 4.69) is 45.2 Å². The smallest absolute Gasteiger partial charge is 0.133 e. The number of nitrogens with zero attached hydrogens (tertiary/aromatic N) is 1. The number of halogens is 2. The average Bonchev–Trinajstić information content (AvgIpc) is 1.98. The summed E-state index contributed by atoms with van der Waals surface area (Å²) < 4.78 is 2.08. The molecule has 0 unspecified atom stereocenters. The van der Waals surface area contributed by atoms with Gasteiger partial charge in [0.2, 0.25) is 0 Å². The topological polar surface area (TPSA) is 23.5 Å². The molecule has 0 aliphatic heterocycles. The summed E-state index contributed by atoms with van der Waals surface area (Å²) in [5.41, 5.74) is 0.987. The molecule has 1 aromatic rings. The van der Waals surface area contributed by atoms with E-state index in [4.69, 9.17) is 0 Å². The molecule has 2 nitrogen and oxygen atoms in total. The summed E-state index contributed by atoms with van der Waals surface area (Å²) >= 11 is 4.41. The molecule has 0 amide bonds. The predicted octanol–water partition coefficient (Wildman–Crippen LogP) is 2.66. The van der Waals surface area contributed by atoms with Gasteiger partial charge in [0.25, 0.3) is 0 Å². The molecule has 0 radical (unpaired) electrons. The Labute approximate surface area is 106 Å². The van der Waals surface area contributed by atoms with E-state index in [0.717, 1.165) is 19.2 Å². The van der Waals surface area contributed by atoms with Crippen LogP contribution in [0.2, 0.25) is 0 Å². The third-order valence-corrected chi connectivity index (χ3v) is 3.04. The van der Waals surface area contributed by atoms with Gasteiger partial charge >= 0.3 is 0 Å². The van der Waals surface area contributed by atoms with Crippen molar-refractivity contribution in [1.29, 1.82) is 0 Å². The van der Waals surface area contributed by atoms with Gasteiger partial charge in [0.1, 0.15) is 5.75 Å². The summed E-state index contributed by atoms with van der Waals surface area (Å²) in [6.45, 7) is 0.776. The minimum atomic E-state index is 0.412. The summed E-state index contributed by atoms with van der Waals surface area (Å²) in [4.78, 5) is 2.04. The van der Waals surface area contributed by atoms with E-state index in [9.17, 15) is 5.11 Å². The number of benzene rings is 1. The van der Waals surface area contributed by atoms with E-state index in [1.54, 1.807) is 0 Å². The van der Waals surface area contributed by atoms with Crippen LogP contribution >= 0.6 is 45.2 Å². The van der Waals surface area contributed by atoms with Crippen molar-refractivity contribution < 1.29 is 5.11 Å². The third kappa shape index (κ3) is 3.25. The molecular weight excluding hydrogens is 392 g/mol. The van der Waals surface area contributed by atoms with Crippen LogP contribution in [0.4, 0.5) is 0 Å². The minimum Gasteiger partial charge on any atom is -0.507 e. The van der Waals surface area contributed by atoms with Crippen LogP contribution in [0.5, 0.6) is 5.75 Å². The van der Waals surface area contributed by atoms with Gasteiger partial charge in [-0.1, -0.05) is 0 Å². The van der Waals surface area contributed by atoms with Gasteiger partial charge in [-0.25, -0.2) is 0 Å². The maximum absolute atomic E-state index is 9.73. The fourth-order valence-corrected chi connectivity index (χ4v) is 3.05. The third-order valence-electron chi connectivity index (χ3n) is 1.59. The highest BCUT2D eigenvalue weighted by Gasteiger charge is 2.07. The first-order chi connectivity index (χ1) is 6.00. The zero-order chi connectivity index (χ0) is 10.0. The normalized spacial score (nSPS) is 10.8. The molecule has 1 rings (SSSR count). The number of rotatable bonds is 2. The molecule has 0 saturated heterocycles. The Morgan fingerprint density at radius 3 is 2.46 bits per heavy atom. The highest BCUT2D eigenvalue weighted by Crippen LogP contribution is 2.27. The standard InChI is InChI=1S/C9H11I2NO/c1-12(2)5-6-3-7(10)4-8(11)9(6)13/h3-4,13H,5H2,1-2H3. The Morgan fingerprint density at radius 1 is 1.31 bits per heavy atom. The van der Waals surface area contributed by atoms with Gasteiger partial charge in [-0.3, -0.25) is 0 Å². The van der Waals surface area contributed by atoms with E-state index in [1.165, 1.54) is 0 Å². The van der Waals surface area contributed by atoms with Crippen LogP contribution in [0.1, 0.15) is 5.56 Å². The minimum absolute atomic E-state index is 0.412. The van der Waals surface area contributed by atoms with Gasteiger partial charge in [0.05, 0.1) is 3.57 Å². The quantitative estimate of drug-likeness (QED) is 0.769. The SMILES string of the molecule is CN(C)Cc1cc(I)cc(I)c1O. The van der Waals surface area contributed by atoms with Gasteiger partial charge in [-0.05, 0) is 71.4 Å². The highest BCUT2D eigenvalue weighted by atomic mass is 127. The van der Waals surface area contributed by atoms with E-state index in [1.807, 2.05) is 31.1 Å². The van der Waals surface area contributed by atoms with Crippen LogP contribution in [0.15, 0.2) is 12.1 Å². The van der Waals surface area contributed by atoms with E-state index < -0.39 is 0 Å². The second-order valence-corrected chi connectivity index (χ2v) is 5.54. The lowest BCUT2D eigenvalue weighted by Gasteiger charge is -2.12. The summed E-state index contributed by atoms with van der Waals surface area (Å²) in [5, 5.41) is 9.73. The fraction of sp³-hybridized carbons (Fsp3) is 0.333. The summed E-state index contributed by atoms with van der Waals surface area (Å²) in [5.74, 6) is 0.412. The van der Waals surface area contributed by atoms with Crippen LogP contribution < -0.4 is 0 Å². The molecule has 4 heteroatoms. The van der Waals surface area contributed by atoms with Crippen molar-refractivity contribution >= 4 is 45.2 Å².